The lowest BCUT2D eigenvalue weighted by Gasteiger charge is -2.20. The molecule has 0 amide bonds. The van der Waals surface area contributed by atoms with Crippen molar-refractivity contribution in [2.45, 2.75) is 39.2 Å². The van der Waals surface area contributed by atoms with Crippen LogP contribution in [0.15, 0.2) is 0 Å². The van der Waals surface area contributed by atoms with Crippen molar-refractivity contribution < 1.29 is 0 Å². The molecule has 1 fully saturated rings. The summed E-state index contributed by atoms with van der Waals surface area (Å²) in [6.07, 6.45) is 3.89. The van der Waals surface area contributed by atoms with Crippen LogP contribution >= 0.6 is 0 Å². The van der Waals surface area contributed by atoms with Crippen molar-refractivity contribution >= 4 is 0 Å². The van der Waals surface area contributed by atoms with E-state index in [-0.39, 0.29) is 0 Å². The summed E-state index contributed by atoms with van der Waals surface area (Å²) in [5.41, 5.74) is 0. The molecule has 0 unspecified atom stereocenters. The zero-order chi connectivity index (χ0) is 8.10. The largest absolute Gasteiger partial charge is 0.290 e. The molecule has 1 heterocycles. The van der Waals surface area contributed by atoms with Crippen molar-refractivity contribution in [3.05, 3.63) is 0 Å². The average molecular weight is 151 g/mol. The second-order valence-electron chi connectivity index (χ2n) is 3.06. The highest BCUT2D eigenvalue weighted by Gasteiger charge is 2.17. The van der Waals surface area contributed by atoms with Crippen molar-refractivity contribution in [3.8, 4) is 11.8 Å². The maximum absolute atomic E-state index is 3.25. The maximum atomic E-state index is 3.25. The van der Waals surface area contributed by atoms with Gasteiger partial charge in [-0.2, -0.15) is 0 Å². The Morgan fingerprint density at radius 2 is 2.00 bits per heavy atom. The number of hydrogen-bond donors (Lipinski definition) is 0. The molecule has 0 saturated carbocycles. The third-order valence-electron chi connectivity index (χ3n) is 2.28. The smallest absolute Gasteiger partial charge is 0.0711 e. The standard InChI is InChI=1S/C10H17N/c1-3-7-10(4-2)11-8-5-6-9-11/h10H,4-6,8-9H2,1-2H3/t10-/m1/s1. The molecule has 0 aromatic carbocycles. The molecule has 1 atom stereocenters. The van der Waals surface area contributed by atoms with Crippen molar-refractivity contribution in [1.29, 1.82) is 0 Å². The van der Waals surface area contributed by atoms with E-state index in [0.717, 1.165) is 0 Å². The summed E-state index contributed by atoms with van der Waals surface area (Å²) in [6.45, 7) is 6.66. The molecule has 0 spiro atoms. The summed E-state index contributed by atoms with van der Waals surface area (Å²) in [4.78, 5) is 2.50. The van der Waals surface area contributed by atoms with Gasteiger partial charge in [0.25, 0.3) is 0 Å². The monoisotopic (exact) mass is 151 g/mol. The lowest BCUT2D eigenvalue weighted by Crippen LogP contribution is -2.30. The fourth-order valence-corrected chi connectivity index (χ4v) is 1.67. The van der Waals surface area contributed by atoms with E-state index in [2.05, 4.69) is 23.7 Å². The van der Waals surface area contributed by atoms with E-state index in [4.69, 9.17) is 0 Å². The van der Waals surface area contributed by atoms with E-state index < -0.39 is 0 Å². The molecule has 0 aromatic rings. The molecule has 0 aromatic heterocycles. The summed E-state index contributed by atoms with van der Waals surface area (Å²) in [5, 5.41) is 0. The van der Waals surface area contributed by atoms with Crippen LogP contribution in [0, 0.1) is 11.8 Å². The van der Waals surface area contributed by atoms with Crippen LogP contribution in [0.3, 0.4) is 0 Å². The number of nitrogens with zero attached hydrogens (tertiary/aromatic N) is 1. The van der Waals surface area contributed by atoms with Crippen LogP contribution < -0.4 is 0 Å². The van der Waals surface area contributed by atoms with Gasteiger partial charge in [-0.3, -0.25) is 4.90 Å². The molecular weight excluding hydrogens is 134 g/mol. The molecular formula is C10H17N. The van der Waals surface area contributed by atoms with Crippen LogP contribution in [0.4, 0.5) is 0 Å². The quantitative estimate of drug-likeness (QED) is 0.545. The maximum Gasteiger partial charge on any atom is 0.0711 e. The van der Waals surface area contributed by atoms with Gasteiger partial charge in [0.05, 0.1) is 6.04 Å². The van der Waals surface area contributed by atoms with Crippen LogP contribution in [0.5, 0.6) is 0 Å². The molecule has 62 valence electrons. The highest BCUT2D eigenvalue weighted by Crippen LogP contribution is 2.12. The molecule has 0 N–H and O–H groups in total. The van der Waals surface area contributed by atoms with Crippen molar-refractivity contribution in [3.63, 3.8) is 0 Å². The van der Waals surface area contributed by atoms with E-state index in [9.17, 15) is 0 Å². The Hall–Kier alpha value is -0.480. The molecule has 0 radical (unpaired) electrons. The number of rotatable bonds is 2. The number of hydrogen-bond acceptors (Lipinski definition) is 1. The van der Waals surface area contributed by atoms with Crippen LogP contribution in [0.1, 0.15) is 33.1 Å². The Balaban J connectivity index is 2.44. The molecule has 1 aliphatic rings. The van der Waals surface area contributed by atoms with Gasteiger partial charge in [-0.25, -0.2) is 0 Å². The minimum Gasteiger partial charge on any atom is -0.290 e. The normalized spacial score (nSPS) is 20.9. The van der Waals surface area contributed by atoms with Gasteiger partial charge in [-0.1, -0.05) is 12.8 Å². The predicted molar refractivity (Wildman–Crippen MR) is 48.3 cm³/mol. The zero-order valence-electron chi connectivity index (χ0n) is 7.56. The second-order valence-corrected chi connectivity index (χ2v) is 3.06. The average Bonchev–Trinajstić information content (AvgIpc) is 2.52. The second kappa shape index (κ2) is 4.41. The van der Waals surface area contributed by atoms with Crippen LogP contribution in [0.25, 0.3) is 0 Å². The van der Waals surface area contributed by atoms with Gasteiger partial charge in [0.2, 0.25) is 0 Å². The summed E-state index contributed by atoms with van der Waals surface area (Å²) in [6, 6.07) is 0.530. The van der Waals surface area contributed by atoms with Gasteiger partial charge in [0, 0.05) is 0 Å². The Morgan fingerprint density at radius 1 is 1.36 bits per heavy atom. The first kappa shape index (κ1) is 8.62. The summed E-state index contributed by atoms with van der Waals surface area (Å²) >= 11 is 0. The third-order valence-corrected chi connectivity index (χ3v) is 2.28. The Bertz CT molecular complexity index is 157. The molecule has 1 nitrogen and oxygen atoms in total. The minimum atomic E-state index is 0.530. The highest BCUT2D eigenvalue weighted by molar-refractivity contribution is 5.06. The van der Waals surface area contributed by atoms with E-state index in [0.29, 0.717) is 6.04 Å². The first-order chi connectivity index (χ1) is 5.38. The zero-order valence-corrected chi connectivity index (χ0v) is 7.56. The first-order valence-electron chi connectivity index (χ1n) is 4.54. The highest BCUT2D eigenvalue weighted by atomic mass is 15.2. The lowest BCUT2D eigenvalue weighted by molar-refractivity contribution is 0.286. The lowest BCUT2D eigenvalue weighted by atomic mass is 10.2. The molecule has 1 aliphatic heterocycles. The van der Waals surface area contributed by atoms with Gasteiger partial charge in [-0.15, -0.1) is 5.92 Å². The molecule has 1 heteroatoms. The fourth-order valence-electron chi connectivity index (χ4n) is 1.67. The van der Waals surface area contributed by atoms with E-state index >= 15 is 0 Å². The molecule has 0 bridgehead atoms. The van der Waals surface area contributed by atoms with E-state index in [1.807, 2.05) is 6.92 Å². The molecule has 1 saturated heterocycles. The summed E-state index contributed by atoms with van der Waals surface area (Å²) < 4.78 is 0. The van der Waals surface area contributed by atoms with Gasteiger partial charge >= 0.3 is 0 Å². The first-order valence-corrected chi connectivity index (χ1v) is 4.54. The van der Waals surface area contributed by atoms with Crippen molar-refractivity contribution in [2.75, 3.05) is 13.1 Å². The van der Waals surface area contributed by atoms with Crippen LogP contribution in [0.2, 0.25) is 0 Å². The summed E-state index contributed by atoms with van der Waals surface area (Å²) in [5.74, 6) is 6.25. The van der Waals surface area contributed by atoms with Gasteiger partial charge in [0.1, 0.15) is 0 Å². The number of likely N-dealkylation sites (tertiary alicyclic amines) is 1. The summed E-state index contributed by atoms with van der Waals surface area (Å²) in [7, 11) is 0. The fraction of sp³-hybridized carbons (Fsp3) is 0.800. The van der Waals surface area contributed by atoms with Gasteiger partial charge < -0.3 is 0 Å². The van der Waals surface area contributed by atoms with Crippen molar-refractivity contribution in [1.82, 2.24) is 4.90 Å². The van der Waals surface area contributed by atoms with Gasteiger partial charge in [-0.05, 0) is 39.3 Å². The van der Waals surface area contributed by atoms with Gasteiger partial charge in [0.15, 0.2) is 0 Å². The topological polar surface area (TPSA) is 3.24 Å². The van der Waals surface area contributed by atoms with Crippen LogP contribution in [-0.4, -0.2) is 24.0 Å². The molecule has 1 rings (SSSR count). The van der Waals surface area contributed by atoms with E-state index in [1.54, 1.807) is 0 Å². The Kier molecular flexibility index (Phi) is 3.45. The molecule has 11 heavy (non-hydrogen) atoms. The minimum absolute atomic E-state index is 0.530. The Morgan fingerprint density at radius 3 is 2.45 bits per heavy atom. The van der Waals surface area contributed by atoms with Crippen LogP contribution in [-0.2, 0) is 0 Å². The Labute approximate surface area is 69.8 Å². The SMILES string of the molecule is CC#C[C@@H](CC)N1CCCC1. The van der Waals surface area contributed by atoms with E-state index in [1.165, 1.54) is 32.4 Å². The third kappa shape index (κ3) is 2.24. The van der Waals surface area contributed by atoms with Crippen molar-refractivity contribution in [2.24, 2.45) is 0 Å². The predicted octanol–water partition coefficient (Wildman–Crippen LogP) is 1.88. The molecule has 0 aliphatic carbocycles.